The molecule has 0 aromatic heterocycles. The van der Waals surface area contributed by atoms with Gasteiger partial charge in [0.05, 0.1) is 6.42 Å². The van der Waals surface area contributed by atoms with Gasteiger partial charge < -0.3 is 10.1 Å². The van der Waals surface area contributed by atoms with E-state index in [-0.39, 0.29) is 12.5 Å². The van der Waals surface area contributed by atoms with E-state index in [2.05, 4.69) is 10.6 Å². The van der Waals surface area contributed by atoms with E-state index in [0.717, 1.165) is 23.1 Å². The number of nitrogens with one attached hydrogen (secondary N) is 2. The Kier molecular flexibility index (Phi) is 7.55. The first-order valence-corrected chi connectivity index (χ1v) is 8.88. The van der Waals surface area contributed by atoms with Crippen molar-refractivity contribution in [3.05, 3.63) is 60.2 Å². The molecule has 0 aliphatic carbocycles. The molecule has 142 valence electrons. The van der Waals surface area contributed by atoms with Gasteiger partial charge in [0.25, 0.3) is 5.91 Å². The summed E-state index contributed by atoms with van der Waals surface area (Å²) in [6, 6.07) is 16.8. The highest BCUT2D eigenvalue weighted by atomic mass is 16.5. The highest BCUT2D eigenvalue weighted by Gasteiger charge is 2.12. The average Bonchev–Trinajstić information content (AvgIpc) is 2.67. The quantitative estimate of drug-likeness (QED) is 0.736. The van der Waals surface area contributed by atoms with E-state index in [1.165, 1.54) is 0 Å². The van der Waals surface area contributed by atoms with E-state index >= 15 is 0 Å². The van der Waals surface area contributed by atoms with Crippen molar-refractivity contribution in [2.24, 2.45) is 0 Å². The maximum Gasteiger partial charge on any atom is 0.321 e. The minimum absolute atomic E-state index is 0.0424. The number of benzene rings is 2. The minimum atomic E-state index is -0.663. The molecule has 2 N–H and O–H groups in total. The zero-order valence-electron chi connectivity index (χ0n) is 15.5. The first-order chi connectivity index (χ1) is 13.0. The van der Waals surface area contributed by atoms with Crippen LogP contribution in [-0.4, -0.2) is 30.6 Å². The summed E-state index contributed by atoms with van der Waals surface area (Å²) < 4.78 is 4.92. The molecule has 0 radical (unpaired) electrons. The van der Waals surface area contributed by atoms with Gasteiger partial charge in [0.2, 0.25) is 0 Å². The number of amides is 3. The molecule has 3 amide bonds. The molecule has 0 fully saturated rings. The largest absolute Gasteiger partial charge is 0.455 e. The molecule has 2 aromatic rings. The first kappa shape index (κ1) is 20.2. The van der Waals surface area contributed by atoms with E-state index in [4.69, 9.17) is 4.74 Å². The smallest absolute Gasteiger partial charge is 0.321 e. The lowest BCUT2D eigenvalue weighted by Crippen LogP contribution is -2.44. The van der Waals surface area contributed by atoms with Crippen LogP contribution < -0.4 is 10.6 Å². The van der Waals surface area contributed by atoms with Gasteiger partial charge in [0, 0.05) is 6.04 Å². The highest BCUT2D eigenvalue weighted by Crippen LogP contribution is 2.19. The minimum Gasteiger partial charge on any atom is -0.455 e. The number of imide groups is 1. The number of ether oxygens (including phenoxy) is 1. The summed E-state index contributed by atoms with van der Waals surface area (Å²) in [4.78, 5) is 35.0. The van der Waals surface area contributed by atoms with Crippen LogP contribution in [0, 0.1) is 0 Å². The molecule has 0 aliphatic rings. The van der Waals surface area contributed by atoms with Crippen LogP contribution in [0.15, 0.2) is 54.6 Å². The Morgan fingerprint density at radius 1 is 0.963 bits per heavy atom. The van der Waals surface area contributed by atoms with Crippen molar-refractivity contribution >= 4 is 17.9 Å². The summed E-state index contributed by atoms with van der Waals surface area (Å²) in [5.74, 6) is -1.19. The monoisotopic (exact) mass is 368 g/mol. The van der Waals surface area contributed by atoms with Gasteiger partial charge in [-0.3, -0.25) is 14.9 Å². The molecule has 27 heavy (non-hydrogen) atoms. The number of carbonyl (C=O) groups excluding carboxylic acids is 3. The second-order valence-corrected chi connectivity index (χ2v) is 6.23. The van der Waals surface area contributed by atoms with Gasteiger partial charge in [0.1, 0.15) is 0 Å². The maximum absolute atomic E-state index is 11.9. The number of rotatable bonds is 7. The summed E-state index contributed by atoms with van der Waals surface area (Å²) in [6.45, 7) is 3.25. The Hall–Kier alpha value is -3.15. The third kappa shape index (κ3) is 6.93. The standard InChI is InChI=1S/C21H24N2O4/c1-3-15(2)22-21(26)23-19(24)14-27-20(25)13-16-9-11-18(12-10-16)17-7-5-4-6-8-17/h4-12,15H,3,13-14H2,1-2H3,(H2,22,23,24,26)/t15-/m0/s1. The summed E-state index contributed by atoms with van der Waals surface area (Å²) in [7, 11) is 0. The molecule has 0 heterocycles. The molecular formula is C21H24N2O4. The summed E-state index contributed by atoms with van der Waals surface area (Å²) >= 11 is 0. The molecule has 2 rings (SSSR count). The van der Waals surface area contributed by atoms with Crippen molar-refractivity contribution in [3.8, 4) is 11.1 Å². The summed E-state index contributed by atoms with van der Waals surface area (Å²) in [6.07, 6.45) is 0.807. The number of carbonyl (C=O) groups is 3. The lowest BCUT2D eigenvalue weighted by Gasteiger charge is -2.11. The first-order valence-electron chi connectivity index (χ1n) is 8.88. The molecule has 0 bridgehead atoms. The summed E-state index contributed by atoms with van der Waals surface area (Å²) in [5.41, 5.74) is 2.94. The van der Waals surface area contributed by atoms with Crippen molar-refractivity contribution in [1.82, 2.24) is 10.6 Å². The van der Waals surface area contributed by atoms with Crippen LogP contribution in [0.3, 0.4) is 0 Å². The Balaban J connectivity index is 1.77. The molecule has 0 unspecified atom stereocenters. The molecule has 0 spiro atoms. The molecule has 1 atom stereocenters. The van der Waals surface area contributed by atoms with Gasteiger partial charge in [-0.15, -0.1) is 0 Å². The molecule has 0 saturated carbocycles. The van der Waals surface area contributed by atoms with Crippen molar-refractivity contribution in [2.45, 2.75) is 32.7 Å². The van der Waals surface area contributed by atoms with Crippen molar-refractivity contribution in [3.63, 3.8) is 0 Å². The Bertz CT molecular complexity index is 773. The van der Waals surface area contributed by atoms with Gasteiger partial charge in [-0.05, 0) is 30.0 Å². The van der Waals surface area contributed by atoms with Crippen LogP contribution in [0.4, 0.5) is 4.79 Å². The van der Waals surface area contributed by atoms with E-state index in [1.807, 2.05) is 68.4 Å². The number of hydrogen-bond acceptors (Lipinski definition) is 4. The third-order valence-electron chi connectivity index (χ3n) is 4.02. The highest BCUT2D eigenvalue weighted by molar-refractivity contribution is 5.95. The molecular weight excluding hydrogens is 344 g/mol. The molecule has 2 aromatic carbocycles. The SMILES string of the molecule is CC[C@H](C)NC(=O)NC(=O)COC(=O)Cc1ccc(-c2ccccc2)cc1. The third-order valence-corrected chi connectivity index (χ3v) is 4.02. The van der Waals surface area contributed by atoms with Crippen molar-refractivity contribution in [2.75, 3.05) is 6.61 Å². The second-order valence-electron chi connectivity index (χ2n) is 6.23. The Labute approximate surface area is 158 Å². The van der Waals surface area contributed by atoms with Gasteiger partial charge >= 0.3 is 12.0 Å². The molecule has 0 aliphatic heterocycles. The van der Waals surface area contributed by atoms with E-state index in [9.17, 15) is 14.4 Å². The Morgan fingerprint density at radius 2 is 1.59 bits per heavy atom. The van der Waals surface area contributed by atoms with Crippen LogP contribution in [-0.2, 0) is 20.7 Å². The van der Waals surface area contributed by atoms with Gasteiger partial charge in [0.15, 0.2) is 6.61 Å². The zero-order valence-corrected chi connectivity index (χ0v) is 15.5. The predicted molar refractivity (Wildman–Crippen MR) is 103 cm³/mol. The number of esters is 1. The van der Waals surface area contributed by atoms with Crippen LogP contribution in [0.25, 0.3) is 11.1 Å². The van der Waals surface area contributed by atoms with Crippen LogP contribution in [0.5, 0.6) is 0 Å². The fourth-order valence-corrected chi connectivity index (χ4v) is 2.33. The van der Waals surface area contributed by atoms with Gasteiger partial charge in [-0.1, -0.05) is 61.5 Å². The van der Waals surface area contributed by atoms with Crippen molar-refractivity contribution in [1.29, 1.82) is 0 Å². The summed E-state index contributed by atoms with van der Waals surface area (Å²) in [5, 5.41) is 4.72. The van der Waals surface area contributed by atoms with Crippen LogP contribution in [0.2, 0.25) is 0 Å². The van der Waals surface area contributed by atoms with Crippen molar-refractivity contribution < 1.29 is 19.1 Å². The molecule has 6 heteroatoms. The zero-order chi connectivity index (χ0) is 19.6. The van der Waals surface area contributed by atoms with Gasteiger partial charge in [-0.2, -0.15) is 0 Å². The lowest BCUT2D eigenvalue weighted by atomic mass is 10.0. The second kappa shape index (κ2) is 10.1. The van der Waals surface area contributed by atoms with E-state index in [1.54, 1.807) is 0 Å². The lowest BCUT2D eigenvalue weighted by molar-refractivity contribution is -0.147. The fourth-order valence-electron chi connectivity index (χ4n) is 2.33. The number of urea groups is 1. The van der Waals surface area contributed by atoms with Gasteiger partial charge in [-0.25, -0.2) is 4.79 Å². The van der Waals surface area contributed by atoms with Crippen LogP contribution >= 0.6 is 0 Å². The normalized spacial score (nSPS) is 11.3. The van der Waals surface area contributed by atoms with E-state index in [0.29, 0.717) is 0 Å². The number of hydrogen-bond donors (Lipinski definition) is 2. The average molecular weight is 368 g/mol. The molecule has 0 saturated heterocycles. The maximum atomic E-state index is 11.9. The topological polar surface area (TPSA) is 84.5 Å². The van der Waals surface area contributed by atoms with Crippen LogP contribution in [0.1, 0.15) is 25.8 Å². The molecule has 6 nitrogen and oxygen atoms in total. The Morgan fingerprint density at radius 3 is 2.22 bits per heavy atom. The predicted octanol–water partition coefficient (Wildman–Crippen LogP) is 3.06. The van der Waals surface area contributed by atoms with E-state index < -0.39 is 24.5 Å². The fraction of sp³-hybridized carbons (Fsp3) is 0.286.